The molecule has 3 aromatic rings. The standard InChI is InChI=1S/C15H15N5O2/c1-9-3-5-10(6-4-9)15-19-14(20-22-15)11-7-17-12(8-21-2)18-13(11)16/h3-7H,8H2,1-2H3,(H2,16,17,18). The number of aryl methyl sites for hydroxylation is 1. The van der Waals surface area contributed by atoms with Gasteiger partial charge >= 0.3 is 0 Å². The highest BCUT2D eigenvalue weighted by Gasteiger charge is 2.14. The molecule has 7 heteroatoms. The Labute approximate surface area is 127 Å². The highest BCUT2D eigenvalue weighted by molar-refractivity contribution is 5.68. The monoisotopic (exact) mass is 297 g/mol. The third-order valence-electron chi connectivity index (χ3n) is 3.11. The third-order valence-corrected chi connectivity index (χ3v) is 3.11. The Kier molecular flexibility index (Phi) is 3.80. The van der Waals surface area contributed by atoms with Crippen molar-refractivity contribution in [2.75, 3.05) is 12.8 Å². The van der Waals surface area contributed by atoms with Crippen LogP contribution in [0.25, 0.3) is 22.8 Å². The summed E-state index contributed by atoms with van der Waals surface area (Å²) in [6.07, 6.45) is 1.57. The average Bonchev–Trinajstić information content (AvgIpc) is 2.98. The fourth-order valence-corrected chi connectivity index (χ4v) is 1.95. The lowest BCUT2D eigenvalue weighted by atomic mass is 10.1. The van der Waals surface area contributed by atoms with Crippen LogP contribution in [0.5, 0.6) is 0 Å². The van der Waals surface area contributed by atoms with Gasteiger partial charge in [-0.1, -0.05) is 22.9 Å². The lowest BCUT2D eigenvalue weighted by Gasteiger charge is -2.02. The van der Waals surface area contributed by atoms with Gasteiger partial charge in [-0.25, -0.2) is 9.97 Å². The number of nitrogens with two attached hydrogens (primary N) is 1. The Morgan fingerprint density at radius 2 is 1.95 bits per heavy atom. The number of methoxy groups -OCH3 is 1. The van der Waals surface area contributed by atoms with Crippen LogP contribution in [0.2, 0.25) is 0 Å². The van der Waals surface area contributed by atoms with Crippen LogP contribution in [-0.2, 0) is 11.3 Å². The number of benzene rings is 1. The SMILES string of the molecule is COCc1ncc(-c2noc(-c3ccc(C)cc3)n2)c(N)n1. The van der Waals surface area contributed by atoms with Crippen LogP contribution in [-0.4, -0.2) is 27.2 Å². The van der Waals surface area contributed by atoms with Crippen LogP contribution in [0, 0.1) is 6.92 Å². The molecule has 22 heavy (non-hydrogen) atoms. The van der Waals surface area contributed by atoms with Gasteiger partial charge in [0.25, 0.3) is 5.89 Å². The van der Waals surface area contributed by atoms with Crippen molar-refractivity contribution in [2.24, 2.45) is 0 Å². The molecule has 7 nitrogen and oxygen atoms in total. The van der Waals surface area contributed by atoms with Crippen LogP contribution in [0.1, 0.15) is 11.4 Å². The van der Waals surface area contributed by atoms with Crippen LogP contribution in [0.3, 0.4) is 0 Å². The van der Waals surface area contributed by atoms with Gasteiger partial charge < -0.3 is 15.0 Å². The summed E-state index contributed by atoms with van der Waals surface area (Å²) in [5.74, 6) is 1.58. The van der Waals surface area contributed by atoms with E-state index in [1.807, 2.05) is 31.2 Å². The normalized spacial score (nSPS) is 10.8. The van der Waals surface area contributed by atoms with Gasteiger partial charge in [-0.2, -0.15) is 4.98 Å². The van der Waals surface area contributed by atoms with Crippen LogP contribution in [0.15, 0.2) is 35.0 Å². The molecule has 2 aromatic heterocycles. The second-order valence-corrected chi connectivity index (χ2v) is 4.81. The first-order valence-corrected chi connectivity index (χ1v) is 6.69. The Hall–Kier alpha value is -2.80. The van der Waals surface area contributed by atoms with Crippen molar-refractivity contribution in [1.29, 1.82) is 0 Å². The fourth-order valence-electron chi connectivity index (χ4n) is 1.95. The smallest absolute Gasteiger partial charge is 0.258 e. The van der Waals surface area contributed by atoms with E-state index >= 15 is 0 Å². The van der Waals surface area contributed by atoms with Gasteiger partial charge in [0.05, 0.1) is 5.56 Å². The molecule has 0 amide bonds. The second kappa shape index (κ2) is 5.90. The highest BCUT2D eigenvalue weighted by atomic mass is 16.5. The minimum Gasteiger partial charge on any atom is -0.383 e. The summed E-state index contributed by atoms with van der Waals surface area (Å²) in [5, 5.41) is 3.94. The number of hydrogen-bond donors (Lipinski definition) is 1. The minimum atomic E-state index is 0.290. The number of nitrogen functional groups attached to an aromatic ring is 1. The van der Waals surface area contributed by atoms with Crippen LogP contribution < -0.4 is 5.73 Å². The summed E-state index contributed by atoms with van der Waals surface area (Å²) in [4.78, 5) is 12.7. The predicted molar refractivity (Wildman–Crippen MR) is 80.6 cm³/mol. The largest absolute Gasteiger partial charge is 0.383 e. The number of ether oxygens (including phenoxy) is 1. The van der Waals surface area contributed by atoms with E-state index in [1.54, 1.807) is 13.3 Å². The number of anilines is 1. The van der Waals surface area contributed by atoms with Crippen molar-refractivity contribution in [1.82, 2.24) is 20.1 Å². The van der Waals surface area contributed by atoms with E-state index in [0.29, 0.717) is 35.5 Å². The van der Waals surface area contributed by atoms with E-state index in [9.17, 15) is 0 Å². The third kappa shape index (κ3) is 2.79. The number of aromatic nitrogens is 4. The van der Waals surface area contributed by atoms with Gasteiger partial charge in [0.15, 0.2) is 5.82 Å². The van der Waals surface area contributed by atoms with E-state index in [4.69, 9.17) is 15.0 Å². The van der Waals surface area contributed by atoms with Crippen molar-refractivity contribution in [3.63, 3.8) is 0 Å². The minimum absolute atomic E-state index is 0.290. The molecular formula is C15H15N5O2. The maximum absolute atomic E-state index is 5.92. The number of nitrogens with zero attached hydrogens (tertiary/aromatic N) is 4. The molecule has 0 saturated heterocycles. The van der Waals surface area contributed by atoms with Gasteiger partial charge in [0, 0.05) is 18.9 Å². The Morgan fingerprint density at radius 1 is 1.18 bits per heavy atom. The van der Waals surface area contributed by atoms with Crippen molar-refractivity contribution < 1.29 is 9.26 Å². The zero-order valence-corrected chi connectivity index (χ0v) is 12.3. The molecule has 3 rings (SSSR count). The maximum atomic E-state index is 5.92. The molecule has 2 heterocycles. The molecule has 0 saturated carbocycles. The van der Waals surface area contributed by atoms with Gasteiger partial charge in [-0.15, -0.1) is 0 Å². The van der Waals surface area contributed by atoms with Gasteiger partial charge in [0.2, 0.25) is 5.82 Å². The molecule has 0 aliphatic rings. The Morgan fingerprint density at radius 3 is 2.64 bits per heavy atom. The molecular weight excluding hydrogens is 282 g/mol. The molecule has 2 N–H and O–H groups in total. The zero-order chi connectivity index (χ0) is 15.5. The molecule has 112 valence electrons. The summed E-state index contributed by atoms with van der Waals surface area (Å²) < 4.78 is 10.3. The molecule has 0 radical (unpaired) electrons. The lowest BCUT2D eigenvalue weighted by Crippen LogP contribution is -2.03. The molecule has 0 aliphatic carbocycles. The predicted octanol–water partition coefficient (Wildman–Crippen LogP) is 2.23. The van der Waals surface area contributed by atoms with E-state index in [2.05, 4.69) is 20.1 Å². The molecule has 0 aliphatic heterocycles. The second-order valence-electron chi connectivity index (χ2n) is 4.81. The number of hydrogen-bond acceptors (Lipinski definition) is 7. The fraction of sp³-hybridized carbons (Fsp3) is 0.200. The summed E-state index contributed by atoms with van der Waals surface area (Å²) in [6.45, 7) is 2.31. The molecule has 0 fully saturated rings. The summed E-state index contributed by atoms with van der Waals surface area (Å²) >= 11 is 0. The maximum Gasteiger partial charge on any atom is 0.258 e. The van der Waals surface area contributed by atoms with E-state index in [-0.39, 0.29) is 0 Å². The van der Waals surface area contributed by atoms with Crippen molar-refractivity contribution >= 4 is 5.82 Å². The Bertz CT molecular complexity index is 783. The molecule has 0 spiro atoms. The summed E-state index contributed by atoms with van der Waals surface area (Å²) in [6, 6.07) is 7.81. The van der Waals surface area contributed by atoms with Crippen molar-refractivity contribution in [2.45, 2.75) is 13.5 Å². The Balaban J connectivity index is 1.92. The van der Waals surface area contributed by atoms with Gasteiger partial charge in [0.1, 0.15) is 12.4 Å². The lowest BCUT2D eigenvalue weighted by molar-refractivity contribution is 0.178. The van der Waals surface area contributed by atoms with Crippen molar-refractivity contribution in [3.05, 3.63) is 41.9 Å². The van der Waals surface area contributed by atoms with Crippen molar-refractivity contribution in [3.8, 4) is 22.8 Å². The molecule has 0 atom stereocenters. The number of rotatable bonds is 4. The van der Waals surface area contributed by atoms with E-state index < -0.39 is 0 Å². The zero-order valence-electron chi connectivity index (χ0n) is 12.3. The van der Waals surface area contributed by atoms with E-state index in [1.165, 1.54) is 0 Å². The van der Waals surface area contributed by atoms with E-state index in [0.717, 1.165) is 11.1 Å². The quantitative estimate of drug-likeness (QED) is 0.788. The average molecular weight is 297 g/mol. The topological polar surface area (TPSA) is 100.0 Å². The first-order chi connectivity index (χ1) is 10.7. The summed E-state index contributed by atoms with van der Waals surface area (Å²) in [7, 11) is 1.57. The van der Waals surface area contributed by atoms with Gasteiger partial charge in [-0.3, -0.25) is 0 Å². The molecule has 0 bridgehead atoms. The van der Waals surface area contributed by atoms with Crippen LogP contribution in [0.4, 0.5) is 5.82 Å². The molecule has 1 aromatic carbocycles. The highest BCUT2D eigenvalue weighted by Crippen LogP contribution is 2.24. The first-order valence-electron chi connectivity index (χ1n) is 6.69. The first kappa shape index (κ1) is 14.2. The summed E-state index contributed by atoms with van der Waals surface area (Å²) in [5.41, 5.74) is 8.46. The molecule has 0 unspecified atom stereocenters. The van der Waals surface area contributed by atoms with Gasteiger partial charge in [-0.05, 0) is 19.1 Å². The van der Waals surface area contributed by atoms with Crippen LogP contribution >= 0.6 is 0 Å².